The van der Waals surface area contributed by atoms with Gasteiger partial charge in [-0.05, 0) is 48.9 Å². The number of hydrogen-bond acceptors (Lipinski definition) is 5. The van der Waals surface area contributed by atoms with Crippen molar-refractivity contribution in [2.45, 2.75) is 26.3 Å². The zero-order valence-electron chi connectivity index (χ0n) is 12.4. The van der Waals surface area contributed by atoms with Gasteiger partial charge < -0.3 is 9.84 Å². The van der Waals surface area contributed by atoms with E-state index >= 15 is 0 Å². The van der Waals surface area contributed by atoms with Crippen molar-refractivity contribution in [1.29, 1.82) is 0 Å². The highest BCUT2D eigenvalue weighted by Gasteiger charge is 2.37. The van der Waals surface area contributed by atoms with Crippen LogP contribution >= 0.6 is 23.4 Å². The van der Waals surface area contributed by atoms with E-state index in [1.165, 1.54) is 18.1 Å². The fourth-order valence-electron chi connectivity index (χ4n) is 2.03. The molecule has 0 aliphatic carbocycles. The van der Waals surface area contributed by atoms with Crippen LogP contribution in [0.5, 0.6) is 11.5 Å². The highest BCUT2D eigenvalue weighted by atomic mass is 35.5. The van der Waals surface area contributed by atoms with Crippen molar-refractivity contribution in [2.24, 2.45) is 0 Å². The SMILES string of the molecule is CC[C@H](C)N1C(=O)S/C(=C/c2cc(Cl)c(O)c(OC)c2)C1=O. The number of halogens is 1. The van der Waals surface area contributed by atoms with Crippen LogP contribution in [0.25, 0.3) is 6.08 Å². The third-order valence-electron chi connectivity index (χ3n) is 3.42. The maximum atomic E-state index is 12.3. The molecule has 1 heterocycles. The Bertz CT molecular complexity index is 659. The minimum absolute atomic E-state index is 0.117. The molecule has 1 aromatic carbocycles. The van der Waals surface area contributed by atoms with Crippen LogP contribution in [0.3, 0.4) is 0 Å². The molecule has 1 aliphatic heterocycles. The highest BCUT2D eigenvalue weighted by Crippen LogP contribution is 2.38. The number of carbonyl (C=O) groups excluding carboxylic acids is 2. The first-order valence-corrected chi connectivity index (χ1v) is 7.92. The van der Waals surface area contributed by atoms with Gasteiger partial charge in [0.2, 0.25) is 0 Å². The lowest BCUT2D eigenvalue weighted by Gasteiger charge is -2.19. The molecule has 118 valence electrons. The van der Waals surface area contributed by atoms with Gasteiger partial charge in [-0.25, -0.2) is 0 Å². The average Bonchev–Trinajstić information content (AvgIpc) is 2.76. The summed E-state index contributed by atoms with van der Waals surface area (Å²) in [4.78, 5) is 25.9. The van der Waals surface area contributed by atoms with Gasteiger partial charge in [0, 0.05) is 6.04 Å². The Morgan fingerprint density at radius 2 is 2.14 bits per heavy atom. The van der Waals surface area contributed by atoms with Crippen molar-refractivity contribution in [3.8, 4) is 11.5 Å². The molecule has 1 saturated heterocycles. The van der Waals surface area contributed by atoms with Gasteiger partial charge in [-0.15, -0.1) is 0 Å². The molecule has 0 bridgehead atoms. The Balaban J connectivity index is 2.37. The zero-order valence-corrected chi connectivity index (χ0v) is 14.0. The Kier molecular flexibility index (Phi) is 5.03. The molecule has 0 saturated carbocycles. The van der Waals surface area contributed by atoms with Crippen molar-refractivity contribution in [3.05, 3.63) is 27.6 Å². The Morgan fingerprint density at radius 1 is 1.45 bits per heavy atom. The van der Waals surface area contributed by atoms with Crippen molar-refractivity contribution in [2.75, 3.05) is 7.11 Å². The quantitative estimate of drug-likeness (QED) is 0.841. The number of nitrogens with zero attached hydrogens (tertiary/aromatic N) is 1. The van der Waals surface area contributed by atoms with E-state index in [0.29, 0.717) is 16.9 Å². The summed E-state index contributed by atoms with van der Waals surface area (Å²) in [5.41, 5.74) is 0.578. The van der Waals surface area contributed by atoms with Crippen molar-refractivity contribution >= 4 is 40.6 Å². The first-order chi connectivity index (χ1) is 10.4. The second-order valence-corrected chi connectivity index (χ2v) is 6.26. The first-order valence-electron chi connectivity index (χ1n) is 6.72. The van der Waals surface area contributed by atoms with Crippen LogP contribution < -0.4 is 4.74 Å². The van der Waals surface area contributed by atoms with Gasteiger partial charge in [0.25, 0.3) is 11.1 Å². The lowest BCUT2D eigenvalue weighted by molar-refractivity contribution is -0.124. The number of aromatic hydroxyl groups is 1. The van der Waals surface area contributed by atoms with Crippen molar-refractivity contribution < 1.29 is 19.4 Å². The number of benzene rings is 1. The molecule has 1 atom stereocenters. The number of amides is 2. The molecule has 0 aromatic heterocycles. The molecule has 1 fully saturated rings. The number of hydrogen-bond donors (Lipinski definition) is 1. The van der Waals surface area contributed by atoms with E-state index < -0.39 is 0 Å². The fraction of sp³-hybridized carbons (Fsp3) is 0.333. The molecule has 7 heteroatoms. The third kappa shape index (κ3) is 3.08. The maximum Gasteiger partial charge on any atom is 0.293 e. The third-order valence-corrected chi connectivity index (χ3v) is 4.60. The molecule has 1 N–H and O–H groups in total. The predicted octanol–water partition coefficient (Wildman–Crippen LogP) is 3.89. The summed E-state index contributed by atoms with van der Waals surface area (Å²) < 4.78 is 5.02. The minimum atomic E-state index is -0.312. The molecular formula is C15H16ClNO4S. The summed E-state index contributed by atoms with van der Waals surface area (Å²) in [6.45, 7) is 3.75. The molecule has 0 spiro atoms. The molecule has 22 heavy (non-hydrogen) atoms. The summed E-state index contributed by atoms with van der Waals surface area (Å²) in [5, 5.41) is 9.55. The predicted molar refractivity (Wildman–Crippen MR) is 87.2 cm³/mol. The Hall–Kier alpha value is -1.66. The lowest BCUT2D eigenvalue weighted by atomic mass is 10.1. The van der Waals surface area contributed by atoms with E-state index in [9.17, 15) is 14.7 Å². The standard InChI is InChI=1S/C15H16ClNO4S/c1-4-8(2)17-14(19)12(22-15(17)20)7-9-5-10(16)13(18)11(6-9)21-3/h5-8,18H,4H2,1-3H3/b12-7+/t8-/m0/s1. The van der Waals surface area contributed by atoms with Crippen LogP contribution in [-0.2, 0) is 4.79 Å². The van der Waals surface area contributed by atoms with Crippen molar-refractivity contribution in [3.63, 3.8) is 0 Å². The lowest BCUT2D eigenvalue weighted by Crippen LogP contribution is -2.36. The van der Waals surface area contributed by atoms with Gasteiger partial charge in [-0.1, -0.05) is 18.5 Å². The number of rotatable bonds is 4. The molecule has 1 aromatic rings. The second kappa shape index (κ2) is 6.62. The molecule has 5 nitrogen and oxygen atoms in total. The number of phenols is 1. The highest BCUT2D eigenvalue weighted by molar-refractivity contribution is 8.18. The normalized spacial score (nSPS) is 18.2. The van der Waals surface area contributed by atoms with E-state index in [2.05, 4.69) is 0 Å². The summed E-state index contributed by atoms with van der Waals surface area (Å²) in [5.74, 6) is -0.263. The molecule has 0 radical (unpaired) electrons. The fourth-order valence-corrected chi connectivity index (χ4v) is 3.18. The van der Waals surface area contributed by atoms with Crippen LogP contribution in [0.1, 0.15) is 25.8 Å². The van der Waals surface area contributed by atoms with E-state index in [-0.39, 0.29) is 33.7 Å². The monoisotopic (exact) mass is 341 g/mol. The topological polar surface area (TPSA) is 66.8 Å². The Morgan fingerprint density at radius 3 is 2.73 bits per heavy atom. The maximum absolute atomic E-state index is 12.3. The molecular weight excluding hydrogens is 326 g/mol. The largest absolute Gasteiger partial charge is 0.503 e. The van der Waals surface area contributed by atoms with E-state index in [1.807, 2.05) is 13.8 Å². The number of thioether (sulfide) groups is 1. The summed E-state index contributed by atoms with van der Waals surface area (Å²) in [6, 6.07) is 2.92. The van der Waals surface area contributed by atoms with Crippen molar-refractivity contribution in [1.82, 2.24) is 4.90 Å². The smallest absolute Gasteiger partial charge is 0.293 e. The van der Waals surface area contributed by atoms with Crippen LogP contribution in [0.2, 0.25) is 5.02 Å². The van der Waals surface area contributed by atoms with Gasteiger partial charge in [0.15, 0.2) is 11.5 Å². The van der Waals surface area contributed by atoms with Gasteiger partial charge >= 0.3 is 0 Å². The molecule has 2 amide bonds. The van der Waals surface area contributed by atoms with Gasteiger partial charge in [-0.3, -0.25) is 14.5 Å². The average molecular weight is 342 g/mol. The van der Waals surface area contributed by atoms with E-state index in [0.717, 1.165) is 11.8 Å². The number of carbonyl (C=O) groups is 2. The summed E-state index contributed by atoms with van der Waals surface area (Å²) in [7, 11) is 1.41. The van der Waals surface area contributed by atoms with Crippen LogP contribution in [0.4, 0.5) is 4.79 Å². The summed E-state index contributed by atoms with van der Waals surface area (Å²) in [6.07, 6.45) is 2.27. The van der Waals surface area contributed by atoms with E-state index in [1.54, 1.807) is 12.1 Å². The van der Waals surface area contributed by atoms with Crippen LogP contribution in [-0.4, -0.2) is 34.3 Å². The van der Waals surface area contributed by atoms with Gasteiger partial charge in [0.05, 0.1) is 17.0 Å². The number of methoxy groups -OCH3 is 1. The van der Waals surface area contributed by atoms with E-state index in [4.69, 9.17) is 16.3 Å². The number of imide groups is 1. The van der Waals surface area contributed by atoms with Gasteiger partial charge in [-0.2, -0.15) is 0 Å². The Labute approximate surface area is 137 Å². The molecule has 0 unspecified atom stereocenters. The molecule has 2 rings (SSSR count). The second-order valence-electron chi connectivity index (χ2n) is 4.86. The number of ether oxygens (including phenoxy) is 1. The van der Waals surface area contributed by atoms with Gasteiger partial charge in [0.1, 0.15) is 0 Å². The summed E-state index contributed by atoms with van der Waals surface area (Å²) >= 11 is 6.82. The minimum Gasteiger partial charge on any atom is -0.503 e. The van der Waals surface area contributed by atoms with Crippen LogP contribution in [0, 0.1) is 0 Å². The molecule has 1 aliphatic rings. The zero-order chi connectivity index (χ0) is 16.4. The first kappa shape index (κ1) is 16.7. The van der Waals surface area contributed by atoms with Crippen LogP contribution in [0.15, 0.2) is 17.0 Å². The number of phenolic OH excluding ortho intramolecular Hbond substituents is 1.